The lowest BCUT2D eigenvalue weighted by Gasteiger charge is -2.13. The molecular weight excluding hydrogens is 404 g/mol. The molecule has 0 aromatic heterocycles. The van der Waals surface area contributed by atoms with E-state index >= 15 is 0 Å². The van der Waals surface area contributed by atoms with Crippen molar-refractivity contribution in [2.24, 2.45) is 0 Å². The van der Waals surface area contributed by atoms with E-state index in [0.29, 0.717) is 25.1 Å². The molecule has 1 atom stereocenters. The highest BCUT2D eigenvalue weighted by Crippen LogP contribution is 2.16. The molecular formula is C22H30N2O5S. The van der Waals surface area contributed by atoms with E-state index in [4.69, 9.17) is 9.47 Å². The first-order chi connectivity index (χ1) is 14.3. The lowest BCUT2D eigenvalue weighted by atomic mass is 10.2. The Kier molecular flexibility index (Phi) is 9.29. The Balaban J connectivity index is 1.73. The normalized spacial score (nSPS) is 12.4. The monoisotopic (exact) mass is 434 g/mol. The van der Waals surface area contributed by atoms with Gasteiger partial charge in [-0.3, -0.25) is 4.79 Å². The van der Waals surface area contributed by atoms with Crippen molar-refractivity contribution in [2.45, 2.75) is 44.0 Å². The molecule has 0 heterocycles. The minimum atomic E-state index is -3.63. The van der Waals surface area contributed by atoms with Gasteiger partial charge in [0.25, 0.3) is 0 Å². The Labute approximate surface area is 178 Å². The van der Waals surface area contributed by atoms with E-state index in [-0.39, 0.29) is 23.5 Å². The Morgan fingerprint density at radius 1 is 1.10 bits per heavy atom. The SMILES string of the molecule is COCC(C)NS(=O)(=O)c1ccc(NC(=O)CCCCOc2cccc(C)c2)cc1. The number of carbonyl (C=O) groups excluding carboxylic acids is 1. The number of hydrogen-bond donors (Lipinski definition) is 2. The van der Waals surface area contributed by atoms with Crippen molar-refractivity contribution >= 4 is 21.6 Å². The van der Waals surface area contributed by atoms with Gasteiger partial charge in [0.05, 0.1) is 18.1 Å². The van der Waals surface area contributed by atoms with Crippen LogP contribution in [0.1, 0.15) is 31.7 Å². The molecule has 0 radical (unpaired) electrons. The average Bonchev–Trinajstić information content (AvgIpc) is 2.68. The Morgan fingerprint density at radius 3 is 2.50 bits per heavy atom. The highest BCUT2D eigenvalue weighted by Gasteiger charge is 2.17. The number of rotatable bonds is 12. The molecule has 2 aromatic carbocycles. The molecule has 0 aliphatic rings. The number of unbranched alkanes of at least 4 members (excludes halogenated alkanes) is 1. The summed E-state index contributed by atoms with van der Waals surface area (Å²) in [6, 6.07) is 13.6. The molecule has 0 spiro atoms. The number of ether oxygens (including phenoxy) is 2. The average molecular weight is 435 g/mol. The quantitative estimate of drug-likeness (QED) is 0.499. The topological polar surface area (TPSA) is 93.7 Å². The van der Waals surface area contributed by atoms with Gasteiger partial charge in [0.15, 0.2) is 0 Å². The fourth-order valence-electron chi connectivity index (χ4n) is 2.84. The van der Waals surface area contributed by atoms with Crippen molar-refractivity contribution < 1.29 is 22.7 Å². The third-order valence-electron chi connectivity index (χ3n) is 4.28. The number of sulfonamides is 1. The summed E-state index contributed by atoms with van der Waals surface area (Å²) in [5.74, 6) is 0.716. The zero-order chi connectivity index (χ0) is 22.0. The van der Waals surface area contributed by atoms with Crippen molar-refractivity contribution in [3.63, 3.8) is 0 Å². The molecule has 2 rings (SSSR count). The number of carbonyl (C=O) groups is 1. The van der Waals surface area contributed by atoms with E-state index in [9.17, 15) is 13.2 Å². The Morgan fingerprint density at radius 2 is 1.83 bits per heavy atom. The van der Waals surface area contributed by atoms with Crippen LogP contribution in [0.25, 0.3) is 0 Å². The molecule has 7 nitrogen and oxygen atoms in total. The van der Waals surface area contributed by atoms with Crippen LogP contribution in [0.15, 0.2) is 53.4 Å². The predicted molar refractivity (Wildman–Crippen MR) is 117 cm³/mol. The van der Waals surface area contributed by atoms with Gasteiger partial charge in [-0.25, -0.2) is 13.1 Å². The smallest absolute Gasteiger partial charge is 0.240 e. The van der Waals surface area contributed by atoms with Crippen LogP contribution in [0.5, 0.6) is 5.75 Å². The number of methoxy groups -OCH3 is 1. The van der Waals surface area contributed by atoms with Crippen LogP contribution in [0.2, 0.25) is 0 Å². The summed E-state index contributed by atoms with van der Waals surface area (Å²) < 4.78 is 37.8. The largest absolute Gasteiger partial charge is 0.494 e. The van der Waals surface area contributed by atoms with E-state index in [2.05, 4.69) is 10.0 Å². The van der Waals surface area contributed by atoms with Gasteiger partial charge >= 0.3 is 0 Å². The molecule has 2 aromatic rings. The number of nitrogens with one attached hydrogen (secondary N) is 2. The maximum atomic E-state index is 12.3. The molecule has 0 saturated carbocycles. The first-order valence-electron chi connectivity index (χ1n) is 9.91. The third kappa shape index (κ3) is 8.14. The standard InChI is InChI=1S/C22H30N2O5S/c1-17-7-6-8-20(15-17)29-14-5-4-9-22(25)23-19-10-12-21(13-11-19)30(26,27)24-18(2)16-28-3/h6-8,10-13,15,18,24H,4-5,9,14,16H2,1-3H3,(H,23,25). The van der Waals surface area contributed by atoms with Crippen molar-refractivity contribution in [3.05, 3.63) is 54.1 Å². The number of hydrogen-bond acceptors (Lipinski definition) is 5. The summed E-state index contributed by atoms with van der Waals surface area (Å²) in [5, 5.41) is 2.78. The molecule has 0 aliphatic carbocycles. The highest BCUT2D eigenvalue weighted by molar-refractivity contribution is 7.89. The summed E-state index contributed by atoms with van der Waals surface area (Å²) in [4.78, 5) is 12.2. The van der Waals surface area contributed by atoms with Crippen LogP contribution in [0.4, 0.5) is 5.69 Å². The first-order valence-corrected chi connectivity index (χ1v) is 11.4. The number of benzene rings is 2. The number of anilines is 1. The van der Waals surface area contributed by atoms with Gasteiger partial charge < -0.3 is 14.8 Å². The van der Waals surface area contributed by atoms with Crippen molar-refractivity contribution in [3.8, 4) is 5.75 Å². The molecule has 1 unspecified atom stereocenters. The number of amides is 1. The zero-order valence-electron chi connectivity index (χ0n) is 17.7. The van der Waals surface area contributed by atoms with Gasteiger partial charge in [-0.05, 0) is 68.7 Å². The minimum absolute atomic E-state index is 0.118. The van der Waals surface area contributed by atoms with E-state index < -0.39 is 10.0 Å². The van der Waals surface area contributed by atoms with Crippen molar-refractivity contribution in [1.29, 1.82) is 0 Å². The molecule has 2 N–H and O–H groups in total. The second kappa shape index (κ2) is 11.7. The third-order valence-corrected chi connectivity index (χ3v) is 5.88. The molecule has 0 bridgehead atoms. The summed E-state index contributed by atoms with van der Waals surface area (Å²) in [6.45, 7) is 4.57. The summed E-state index contributed by atoms with van der Waals surface area (Å²) in [5.41, 5.74) is 1.70. The van der Waals surface area contributed by atoms with Crippen LogP contribution >= 0.6 is 0 Å². The Bertz CT molecular complexity index is 913. The minimum Gasteiger partial charge on any atom is -0.494 e. The van der Waals surface area contributed by atoms with Crippen LogP contribution < -0.4 is 14.8 Å². The molecule has 0 fully saturated rings. The van der Waals surface area contributed by atoms with Crippen LogP contribution in [-0.2, 0) is 19.6 Å². The highest BCUT2D eigenvalue weighted by atomic mass is 32.2. The second-order valence-electron chi connectivity index (χ2n) is 7.17. The summed E-state index contributed by atoms with van der Waals surface area (Å²) >= 11 is 0. The molecule has 0 saturated heterocycles. The van der Waals surface area contributed by atoms with Gasteiger partial charge in [-0.15, -0.1) is 0 Å². The van der Waals surface area contributed by atoms with Gasteiger partial charge in [-0.2, -0.15) is 0 Å². The summed E-state index contributed by atoms with van der Waals surface area (Å²) in [7, 11) is -2.12. The van der Waals surface area contributed by atoms with E-state index in [0.717, 1.165) is 17.7 Å². The van der Waals surface area contributed by atoms with Crippen molar-refractivity contribution in [2.75, 3.05) is 25.6 Å². The fourth-order valence-corrected chi connectivity index (χ4v) is 4.07. The van der Waals surface area contributed by atoms with Crippen LogP contribution in [0.3, 0.4) is 0 Å². The molecule has 0 aliphatic heterocycles. The second-order valence-corrected chi connectivity index (χ2v) is 8.89. The van der Waals surface area contributed by atoms with Gasteiger partial charge in [0.1, 0.15) is 5.75 Å². The van der Waals surface area contributed by atoms with E-state index in [1.165, 1.54) is 19.2 Å². The predicted octanol–water partition coefficient (Wildman–Crippen LogP) is 3.50. The van der Waals surface area contributed by atoms with Gasteiger partial charge in [-0.1, -0.05) is 12.1 Å². The van der Waals surface area contributed by atoms with Crippen molar-refractivity contribution in [1.82, 2.24) is 4.72 Å². The molecule has 164 valence electrons. The lowest BCUT2D eigenvalue weighted by Crippen LogP contribution is -2.35. The molecule has 8 heteroatoms. The summed E-state index contributed by atoms with van der Waals surface area (Å²) in [6.07, 6.45) is 1.84. The lowest BCUT2D eigenvalue weighted by molar-refractivity contribution is -0.116. The first kappa shape index (κ1) is 23.9. The zero-order valence-corrected chi connectivity index (χ0v) is 18.5. The van der Waals surface area contributed by atoms with Crippen LogP contribution in [-0.4, -0.2) is 40.7 Å². The Hall–Kier alpha value is -2.42. The molecule has 30 heavy (non-hydrogen) atoms. The van der Waals surface area contributed by atoms with E-state index in [1.54, 1.807) is 19.1 Å². The van der Waals surface area contributed by atoms with Crippen LogP contribution in [0, 0.1) is 6.92 Å². The van der Waals surface area contributed by atoms with Gasteiger partial charge in [0, 0.05) is 25.3 Å². The van der Waals surface area contributed by atoms with Gasteiger partial charge in [0.2, 0.25) is 15.9 Å². The number of aryl methyl sites for hydroxylation is 1. The fraction of sp³-hybridized carbons (Fsp3) is 0.409. The maximum absolute atomic E-state index is 12.3. The molecule has 1 amide bonds. The maximum Gasteiger partial charge on any atom is 0.240 e. The van der Waals surface area contributed by atoms with E-state index in [1.807, 2.05) is 31.2 Å².